The van der Waals surface area contributed by atoms with Gasteiger partial charge in [0.1, 0.15) is 0 Å². The highest BCUT2D eigenvalue weighted by molar-refractivity contribution is 5.44. The zero-order valence-electron chi connectivity index (χ0n) is 13.7. The van der Waals surface area contributed by atoms with Gasteiger partial charge in [-0.25, -0.2) is 0 Å². The molecule has 2 rings (SSSR count). The van der Waals surface area contributed by atoms with Gasteiger partial charge in [-0.3, -0.25) is 0 Å². The van der Waals surface area contributed by atoms with Crippen LogP contribution in [0.2, 0.25) is 0 Å². The predicted octanol–water partition coefficient (Wildman–Crippen LogP) is 2.75. The summed E-state index contributed by atoms with van der Waals surface area (Å²) in [6.07, 6.45) is 3.55. The van der Waals surface area contributed by atoms with Crippen LogP contribution in [-0.4, -0.2) is 41.1 Å². The molecule has 0 aromatic carbocycles. The second-order valence-electron chi connectivity index (χ2n) is 6.38. The Kier molecular flexibility index (Phi) is 5.20. The lowest BCUT2D eigenvalue weighted by Gasteiger charge is -2.23. The van der Waals surface area contributed by atoms with Crippen molar-refractivity contribution >= 4 is 17.8 Å². The zero-order valence-corrected chi connectivity index (χ0v) is 13.7. The van der Waals surface area contributed by atoms with E-state index in [1.54, 1.807) is 0 Å². The molecule has 0 spiro atoms. The zero-order chi connectivity index (χ0) is 15.3. The third-order valence-electron chi connectivity index (χ3n) is 4.03. The molecular weight excluding hydrogens is 264 g/mol. The Morgan fingerprint density at radius 3 is 2.19 bits per heavy atom. The minimum atomic E-state index is 0.235. The van der Waals surface area contributed by atoms with E-state index in [9.17, 15) is 0 Å². The number of hydrogen-bond donors (Lipinski definition) is 2. The maximum absolute atomic E-state index is 4.59. The van der Waals surface area contributed by atoms with Crippen LogP contribution in [0.3, 0.4) is 0 Å². The van der Waals surface area contributed by atoms with Crippen molar-refractivity contribution < 1.29 is 0 Å². The first-order valence-electron chi connectivity index (χ1n) is 8.03. The molecule has 2 N–H and O–H groups in total. The molecule has 0 atom stereocenters. The van der Waals surface area contributed by atoms with Gasteiger partial charge in [0.25, 0.3) is 0 Å². The van der Waals surface area contributed by atoms with Crippen LogP contribution in [0.25, 0.3) is 0 Å². The van der Waals surface area contributed by atoms with E-state index in [0.29, 0.717) is 11.9 Å². The highest BCUT2D eigenvalue weighted by atomic mass is 15.3. The number of aromatic nitrogens is 3. The Hall–Kier alpha value is -1.59. The van der Waals surface area contributed by atoms with E-state index in [1.807, 2.05) is 6.92 Å². The van der Waals surface area contributed by atoms with Crippen LogP contribution in [0, 0.1) is 5.41 Å². The van der Waals surface area contributed by atoms with Crippen molar-refractivity contribution in [2.75, 3.05) is 41.7 Å². The maximum atomic E-state index is 4.59. The van der Waals surface area contributed by atoms with Gasteiger partial charge in [0.05, 0.1) is 0 Å². The summed E-state index contributed by atoms with van der Waals surface area (Å²) < 4.78 is 0. The molecule has 1 aromatic rings. The van der Waals surface area contributed by atoms with Gasteiger partial charge in [-0.2, -0.15) is 15.0 Å². The van der Waals surface area contributed by atoms with Gasteiger partial charge in [0.2, 0.25) is 17.8 Å². The fraction of sp³-hybridized carbons (Fsp3) is 0.800. The van der Waals surface area contributed by atoms with Crippen LogP contribution < -0.4 is 15.5 Å². The summed E-state index contributed by atoms with van der Waals surface area (Å²) in [6.45, 7) is 12.5. The SMILES string of the molecule is CCNc1nc(NCC(C)(C)CC)nc(N2CCCC2)n1. The van der Waals surface area contributed by atoms with Crippen molar-refractivity contribution in [3.8, 4) is 0 Å². The van der Waals surface area contributed by atoms with Crippen molar-refractivity contribution in [1.29, 1.82) is 0 Å². The van der Waals surface area contributed by atoms with Crippen molar-refractivity contribution in [3.05, 3.63) is 0 Å². The molecule has 1 aromatic heterocycles. The second-order valence-corrected chi connectivity index (χ2v) is 6.38. The summed E-state index contributed by atoms with van der Waals surface area (Å²) in [7, 11) is 0. The van der Waals surface area contributed by atoms with Crippen molar-refractivity contribution in [1.82, 2.24) is 15.0 Å². The molecule has 1 fully saturated rings. The monoisotopic (exact) mass is 292 g/mol. The average Bonchev–Trinajstić information content (AvgIpc) is 3.00. The minimum Gasteiger partial charge on any atom is -0.354 e. The Morgan fingerprint density at radius 1 is 1.00 bits per heavy atom. The largest absolute Gasteiger partial charge is 0.354 e. The van der Waals surface area contributed by atoms with Gasteiger partial charge in [-0.15, -0.1) is 0 Å². The Bertz CT molecular complexity index is 453. The third kappa shape index (κ3) is 4.44. The van der Waals surface area contributed by atoms with Crippen molar-refractivity contribution in [2.24, 2.45) is 5.41 Å². The second kappa shape index (κ2) is 6.91. The molecule has 6 heteroatoms. The highest BCUT2D eigenvalue weighted by Crippen LogP contribution is 2.22. The lowest BCUT2D eigenvalue weighted by molar-refractivity contribution is 0.376. The standard InChI is InChI=1S/C15H28N6/c1-5-15(3,4)11-17-13-18-12(16-6-2)19-14(20-13)21-9-7-8-10-21/h5-11H2,1-4H3,(H2,16,17,18,19,20). The topological polar surface area (TPSA) is 66.0 Å². The molecule has 0 radical (unpaired) electrons. The summed E-state index contributed by atoms with van der Waals surface area (Å²) in [5.74, 6) is 2.12. The van der Waals surface area contributed by atoms with Gasteiger partial charge in [-0.1, -0.05) is 20.8 Å². The average molecular weight is 292 g/mol. The molecule has 118 valence electrons. The van der Waals surface area contributed by atoms with E-state index in [1.165, 1.54) is 12.8 Å². The maximum Gasteiger partial charge on any atom is 0.231 e. The third-order valence-corrected chi connectivity index (χ3v) is 4.03. The van der Waals surface area contributed by atoms with Gasteiger partial charge < -0.3 is 15.5 Å². The molecule has 1 saturated heterocycles. The predicted molar refractivity (Wildman–Crippen MR) is 88.0 cm³/mol. The lowest BCUT2D eigenvalue weighted by atomic mass is 9.90. The minimum absolute atomic E-state index is 0.235. The fourth-order valence-electron chi connectivity index (χ4n) is 2.18. The summed E-state index contributed by atoms with van der Waals surface area (Å²) >= 11 is 0. The molecule has 1 aliphatic heterocycles. The van der Waals surface area contributed by atoms with Gasteiger partial charge in [0.15, 0.2) is 0 Å². The van der Waals surface area contributed by atoms with Crippen LogP contribution in [0.5, 0.6) is 0 Å². The van der Waals surface area contributed by atoms with E-state index in [2.05, 4.69) is 51.3 Å². The number of nitrogens with zero attached hydrogens (tertiary/aromatic N) is 4. The summed E-state index contributed by atoms with van der Waals surface area (Å²) in [4.78, 5) is 15.8. The van der Waals surface area contributed by atoms with E-state index < -0.39 is 0 Å². The summed E-state index contributed by atoms with van der Waals surface area (Å²) in [5, 5.41) is 6.56. The lowest BCUT2D eigenvalue weighted by Crippen LogP contribution is -2.25. The van der Waals surface area contributed by atoms with Gasteiger partial charge in [0, 0.05) is 26.2 Å². The molecule has 0 unspecified atom stereocenters. The smallest absolute Gasteiger partial charge is 0.231 e. The number of anilines is 3. The molecular formula is C15H28N6. The van der Waals surface area contributed by atoms with E-state index in [0.717, 1.165) is 38.5 Å². The van der Waals surface area contributed by atoms with E-state index in [4.69, 9.17) is 0 Å². The molecule has 0 amide bonds. The van der Waals surface area contributed by atoms with E-state index >= 15 is 0 Å². The molecule has 0 saturated carbocycles. The van der Waals surface area contributed by atoms with Crippen molar-refractivity contribution in [2.45, 2.75) is 47.0 Å². The number of rotatable bonds is 7. The highest BCUT2D eigenvalue weighted by Gasteiger charge is 2.19. The first-order chi connectivity index (χ1) is 10.0. The molecule has 0 bridgehead atoms. The molecule has 21 heavy (non-hydrogen) atoms. The van der Waals surface area contributed by atoms with Gasteiger partial charge >= 0.3 is 0 Å². The van der Waals surface area contributed by atoms with Gasteiger partial charge in [-0.05, 0) is 31.6 Å². The van der Waals surface area contributed by atoms with Crippen LogP contribution in [0.4, 0.5) is 17.8 Å². The molecule has 2 heterocycles. The van der Waals surface area contributed by atoms with Crippen LogP contribution in [0.1, 0.15) is 47.0 Å². The Balaban J connectivity index is 2.14. The van der Waals surface area contributed by atoms with Crippen LogP contribution >= 0.6 is 0 Å². The van der Waals surface area contributed by atoms with Crippen molar-refractivity contribution in [3.63, 3.8) is 0 Å². The summed E-state index contributed by atoms with van der Waals surface area (Å²) in [5.41, 5.74) is 0.235. The first kappa shape index (κ1) is 15.8. The Morgan fingerprint density at radius 2 is 1.62 bits per heavy atom. The van der Waals surface area contributed by atoms with E-state index in [-0.39, 0.29) is 5.41 Å². The Labute approximate surface area is 127 Å². The quantitative estimate of drug-likeness (QED) is 0.805. The first-order valence-corrected chi connectivity index (χ1v) is 8.03. The number of hydrogen-bond acceptors (Lipinski definition) is 6. The number of nitrogens with one attached hydrogen (secondary N) is 2. The fourth-order valence-corrected chi connectivity index (χ4v) is 2.18. The van der Waals surface area contributed by atoms with Crippen LogP contribution in [-0.2, 0) is 0 Å². The molecule has 6 nitrogen and oxygen atoms in total. The molecule has 0 aliphatic carbocycles. The van der Waals surface area contributed by atoms with Crippen LogP contribution in [0.15, 0.2) is 0 Å². The molecule has 1 aliphatic rings. The normalized spacial score (nSPS) is 15.3. The summed E-state index contributed by atoms with van der Waals surface area (Å²) in [6, 6.07) is 0.